The van der Waals surface area contributed by atoms with E-state index in [2.05, 4.69) is 10.1 Å². The van der Waals surface area contributed by atoms with Crippen molar-refractivity contribution in [3.05, 3.63) is 36.0 Å². The van der Waals surface area contributed by atoms with E-state index in [1.165, 1.54) is 11.8 Å². The normalized spacial score (nSPS) is 27.1. The fraction of sp³-hybridized carbons (Fsp3) is 0.286. The highest BCUT2D eigenvalue weighted by atomic mass is 32.2. The van der Waals surface area contributed by atoms with Gasteiger partial charge in [0.15, 0.2) is 15.0 Å². The molecule has 3 heterocycles. The van der Waals surface area contributed by atoms with Crippen LogP contribution in [0.4, 0.5) is 0 Å². The van der Waals surface area contributed by atoms with Gasteiger partial charge in [0, 0.05) is 27.9 Å². The van der Waals surface area contributed by atoms with Gasteiger partial charge in [0.25, 0.3) is 0 Å². The van der Waals surface area contributed by atoms with E-state index in [0.29, 0.717) is 5.17 Å². The molecule has 0 spiro atoms. The number of thioether (sulfide) groups is 1. The summed E-state index contributed by atoms with van der Waals surface area (Å²) in [4.78, 5) is 3.17. The maximum atomic E-state index is 11.7. The molecule has 22 heavy (non-hydrogen) atoms. The van der Waals surface area contributed by atoms with Gasteiger partial charge >= 0.3 is 0 Å². The molecule has 8 heteroatoms. The Kier molecular flexibility index (Phi) is 3.05. The third kappa shape index (κ3) is 2.22. The van der Waals surface area contributed by atoms with Gasteiger partial charge in [-0.15, -0.1) is 0 Å². The zero-order chi connectivity index (χ0) is 15.3. The Morgan fingerprint density at radius 2 is 2.18 bits per heavy atom. The van der Waals surface area contributed by atoms with Crippen LogP contribution in [0.2, 0.25) is 0 Å². The lowest BCUT2D eigenvalue weighted by Crippen LogP contribution is -2.32. The summed E-state index contributed by atoms with van der Waals surface area (Å²) in [6.45, 7) is 0. The number of benzene rings is 1. The number of hydrazone groups is 1. The Morgan fingerprint density at radius 1 is 1.36 bits per heavy atom. The minimum Gasteiger partial charge on any atom is -0.361 e. The van der Waals surface area contributed by atoms with Crippen molar-refractivity contribution in [2.75, 3.05) is 11.5 Å². The lowest BCUT2D eigenvalue weighted by atomic mass is 10.2. The molecule has 114 valence electrons. The maximum absolute atomic E-state index is 11.7. The molecule has 2 saturated heterocycles. The van der Waals surface area contributed by atoms with Crippen LogP contribution < -0.4 is 0 Å². The van der Waals surface area contributed by atoms with Crippen molar-refractivity contribution in [3.63, 3.8) is 0 Å². The lowest BCUT2D eigenvalue weighted by molar-refractivity contribution is 0.376. The SMILES string of the molecule is N=C1S[C@H]2CS(=O)(=O)C[C@@H]2N1/N=C\c1c[nH]c2ccccc12. The number of rotatable bonds is 2. The van der Waals surface area contributed by atoms with Crippen molar-refractivity contribution >= 4 is 43.9 Å². The van der Waals surface area contributed by atoms with E-state index in [-0.39, 0.29) is 22.8 Å². The lowest BCUT2D eigenvalue weighted by Gasteiger charge is -2.17. The molecule has 2 aromatic rings. The van der Waals surface area contributed by atoms with Crippen molar-refractivity contribution in [3.8, 4) is 0 Å². The van der Waals surface area contributed by atoms with Crippen LogP contribution in [0.15, 0.2) is 35.6 Å². The summed E-state index contributed by atoms with van der Waals surface area (Å²) in [5, 5.41) is 15.2. The number of H-pyrrole nitrogens is 1. The highest BCUT2D eigenvalue weighted by Gasteiger charge is 2.48. The number of aromatic nitrogens is 1. The van der Waals surface area contributed by atoms with Gasteiger partial charge < -0.3 is 4.98 Å². The summed E-state index contributed by atoms with van der Waals surface area (Å²) in [6, 6.07) is 7.69. The van der Waals surface area contributed by atoms with Gasteiger partial charge in [-0.1, -0.05) is 30.0 Å². The average molecular weight is 334 g/mol. The van der Waals surface area contributed by atoms with E-state index >= 15 is 0 Å². The molecular weight excluding hydrogens is 320 g/mol. The topological polar surface area (TPSA) is 89.4 Å². The van der Waals surface area contributed by atoms with Crippen LogP contribution in [0.5, 0.6) is 0 Å². The minimum absolute atomic E-state index is 0.0716. The number of nitrogens with one attached hydrogen (secondary N) is 2. The zero-order valence-electron chi connectivity index (χ0n) is 11.6. The first-order chi connectivity index (χ1) is 10.5. The molecule has 1 aromatic heterocycles. The number of hydrogen-bond donors (Lipinski definition) is 2. The van der Waals surface area contributed by atoms with Crippen LogP contribution in [0.3, 0.4) is 0 Å². The van der Waals surface area contributed by atoms with Gasteiger partial charge in [-0.2, -0.15) is 5.10 Å². The largest absolute Gasteiger partial charge is 0.361 e. The molecule has 6 nitrogen and oxygen atoms in total. The van der Waals surface area contributed by atoms with Crippen LogP contribution >= 0.6 is 11.8 Å². The van der Waals surface area contributed by atoms with Gasteiger partial charge in [-0.25, -0.2) is 13.4 Å². The second-order valence-corrected chi connectivity index (χ2v) is 8.87. The quantitative estimate of drug-likeness (QED) is 0.817. The van der Waals surface area contributed by atoms with Crippen molar-refractivity contribution in [1.82, 2.24) is 9.99 Å². The van der Waals surface area contributed by atoms with Gasteiger partial charge in [0.05, 0.1) is 23.8 Å². The van der Waals surface area contributed by atoms with Gasteiger partial charge in [-0.05, 0) is 6.07 Å². The molecule has 0 saturated carbocycles. The Balaban J connectivity index is 1.64. The first-order valence-electron chi connectivity index (χ1n) is 6.88. The molecular formula is C14H14N4O2S2. The third-order valence-corrected chi connectivity index (χ3v) is 7.12. The van der Waals surface area contributed by atoms with E-state index in [0.717, 1.165) is 16.5 Å². The number of fused-ring (bicyclic) bond motifs is 2. The second kappa shape index (κ2) is 4.85. The van der Waals surface area contributed by atoms with Crippen molar-refractivity contribution in [2.45, 2.75) is 11.3 Å². The molecule has 1 aromatic carbocycles. The summed E-state index contributed by atoms with van der Waals surface area (Å²) in [5.74, 6) is 0.224. The summed E-state index contributed by atoms with van der Waals surface area (Å²) < 4.78 is 23.5. The molecule has 2 aliphatic heterocycles. The monoisotopic (exact) mass is 334 g/mol. The fourth-order valence-electron chi connectivity index (χ4n) is 2.95. The Labute approximate surface area is 132 Å². The summed E-state index contributed by atoms with van der Waals surface area (Å²) >= 11 is 1.30. The highest BCUT2D eigenvalue weighted by molar-refractivity contribution is 8.15. The Hall–Kier alpha value is -1.80. The molecule has 0 aliphatic carbocycles. The molecule has 0 bridgehead atoms. The van der Waals surface area contributed by atoms with Gasteiger partial charge in [0.1, 0.15) is 0 Å². The Morgan fingerprint density at radius 3 is 3.05 bits per heavy atom. The molecule has 0 amide bonds. The summed E-state index contributed by atoms with van der Waals surface area (Å²) in [7, 11) is -3.01. The fourth-order valence-corrected chi connectivity index (χ4v) is 6.66. The maximum Gasteiger partial charge on any atom is 0.177 e. The van der Waals surface area contributed by atoms with Crippen LogP contribution in [0.25, 0.3) is 10.9 Å². The van der Waals surface area contributed by atoms with E-state index in [1.54, 1.807) is 11.2 Å². The first kappa shape index (κ1) is 13.8. The number of para-hydroxylation sites is 1. The molecule has 4 rings (SSSR count). The minimum atomic E-state index is -3.01. The third-order valence-electron chi connectivity index (χ3n) is 4.00. The molecule has 0 unspecified atom stereocenters. The summed E-state index contributed by atoms with van der Waals surface area (Å²) in [5.41, 5.74) is 1.95. The van der Waals surface area contributed by atoms with E-state index in [1.807, 2.05) is 30.5 Å². The molecule has 0 radical (unpaired) electrons. The van der Waals surface area contributed by atoms with Crippen LogP contribution in [-0.4, -0.2) is 52.6 Å². The van der Waals surface area contributed by atoms with Crippen molar-refractivity contribution < 1.29 is 8.42 Å². The van der Waals surface area contributed by atoms with Crippen molar-refractivity contribution in [2.24, 2.45) is 5.10 Å². The van der Waals surface area contributed by atoms with Crippen LogP contribution in [-0.2, 0) is 9.84 Å². The highest BCUT2D eigenvalue weighted by Crippen LogP contribution is 2.37. The molecule has 2 atom stereocenters. The second-order valence-electron chi connectivity index (χ2n) is 5.48. The number of aromatic amines is 1. The number of hydrogen-bond acceptors (Lipinski definition) is 5. The van der Waals surface area contributed by atoms with E-state index in [9.17, 15) is 8.42 Å². The average Bonchev–Trinajstić information content (AvgIpc) is 3.08. The molecule has 2 fully saturated rings. The summed E-state index contributed by atoms with van der Waals surface area (Å²) in [6.07, 6.45) is 3.56. The Bertz CT molecular complexity index is 887. The van der Waals surface area contributed by atoms with Crippen LogP contribution in [0, 0.1) is 5.41 Å². The van der Waals surface area contributed by atoms with E-state index < -0.39 is 9.84 Å². The zero-order valence-corrected chi connectivity index (χ0v) is 13.2. The number of amidine groups is 1. The predicted octanol–water partition coefficient (Wildman–Crippen LogP) is 1.65. The first-order valence-corrected chi connectivity index (χ1v) is 9.58. The van der Waals surface area contributed by atoms with Gasteiger partial charge in [0.2, 0.25) is 0 Å². The standard InChI is InChI=1S/C14H14N4O2S2/c15-14-18(12-7-22(19,20)8-13(12)21-14)17-6-9-5-16-11-4-2-1-3-10(9)11/h1-6,12-13,15-16H,7-8H2/b15-14?,17-6-/t12-,13-/m0/s1. The molecule has 2 N–H and O–H groups in total. The predicted molar refractivity (Wildman–Crippen MR) is 89.3 cm³/mol. The van der Waals surface area contributed by atoms with Crippen LogP contribution in [0.1, 0.15) is 5.56 Å². The van der Waals surface area contributed by atoms with Gasteiger partial charge in [-0.3, -0.25) is 5.41 Å². The van der Waals surface area contributed by atoms with Crippen molar-refractivity contribution in [1.29, 1.82) is 5.41 Å². The van der Waals surface area contributed by atoms with E-state index in [4.69, 9.17) is 5.41 Å². The number of sulfone groups is 1. The molecule has 2 aliphatic rings. The smallest absolute Gasteiger partial charge is 0.177 e. The number of nitrogens with zero attached hydrogens (tertiary/aromatic N) is 2.